The lowest BCUT2D eigenvalue weighted by Crippen LogP contribution is -1.99. The molecule has 0 radical (unpaired) electrons. The van der Waals surface area contributed by atoms with Crippen molar-refractivity contribution in [2.24, 2.45) is 0 Å². The van der Waals surface area contributed by atoms with E-state index in [9.17, 15) is 10.1 Å². The lowest BCUT2D eigenvalue weighted by molar-refractivity contribution is -0.384. The van der Waals surface area contributed by atoms with Gasteiger partial charge in [-0.1, -0.05) is 11.6 Å². The van der Waals surface area contributed by atoms with Crippen LogP contribution in [-0.2, 0) is 0 Å². The van der Waals surface area contributed by atoms with E-state index in [2.05, 4.69) is 5.32 Å². The maximum absolute atomic E-state index is 10.4. The molecule has 0 aliphatic rings. The summed E-state index contributed by atoms with van der Waals surface area (Å²) in [4.78, 5) is 9.82. The fourth-order valence-electron chi connectivity index (χ4n) is 0.896. The number of anilines is 1. The summed E-state index contributed by atoms with van der Waals surface area (Å²) in [5, 5.41) is 21.6. The van der Waals surface area contributed by atoms with Crippen LogP contribution in [0.1, 0.15) is 0 Å². The molecule has 0 saturated heterocycles. The Morgan fingerprint density at radius 1 is 1.64 bits per heavy atom. The van der Waals surface area contributed by atoms with Gasteiger partial charge < -0.3 is 5.32 Å². The number of hydrogen-bond donors (Lipinski definition) is 1. The average Bonchev–Trinajstić information content (AvgIpc) is 2.15. The van der Waals surface area contributed by atoms with Gasteiger partial charge in [-0.3, -0.25) is 10.1 Å². The first-order valence-electron chi connectivity index (χ1n) is 3.70. The molecule has 5 nitrogen and oxygen atoms in total. The number of nitriles is 1. The molecule has 0 saturated carbocycles. The second-order valence-corrected chi connectivity index (χ2v) is 2.84. The molecule has 0 unspecified atom stereocenters. The highest BCUT2D eigenvalue weighted by Crippen LogP contribution is 2.26. The van der Waals surface area contributed by atoms with E-state index >= 15 is 0 Å². The van der Waals surface area contributed by atoms with Crippen molar-refractivity contribution >= 4 is 23.0 Å². The van der Waals surface area contributed by atoms with Gasteiger partial charge in [-0.05, 0) is 6.07 Å². The fourth-order valence-corrected chi connectivity index (χ4v) is 1.14. The molecule has 0 atom stereocenters. The van der Waals surface area contributed by atoms with Crippen molar-refractivity contribution in [3.63, 3.8) is 0 Å². The Morgan fingerprint density at radius 3 is 2.86 bits per heavy atom. The van der Waals surface area contributed by atoms with Crippen LogP contribution in [0.15, 0.2) is 18.2 Å². The maximum Gasteiger partial charge on any atom is 0.271 e. The van der Waals surface area contributed by atoms with E-state index in [1.807, 2.05) is 6.07 Å². The summed E-state index contributed by atoms with van der Waals surface area (Å²) in [7, 11) is 0. The molecule has 72 valence electrons. The third kappa shape index (κ3) is 2.34. The van der Waals surface area contributed by atoms with Crippen LogP contribution in [0.2, 0.25) is 5.02 Å². The van der Waals surface area contributed by atoms with Crippen LogP contribution in [0.3, 0.4) is 0 Å². The van der Waals surface area contributed by atoms with Gasteiger partial charge >= 0.3 is 0 Å². The molecular weight excluding hydrogens is 206 g/mol. The molecule has 1 N–H and O–H groups in total. The second-order valence-electron chi connectivity index (χ2n) is 2.43. The maximum atomic E-state index is 10.4. The smallest absolute Gasteiger partial charge is 0.271 e. The Morgan fingerprint density at radius 2 is 2.36 bits per heavy atom. The summed E-state index contributed by atoms with van der Waals surface area (Å²) in [6.07, 6.45) is 0. The first-order chi connectivity index (χ1) is 6.65. The standard InChI is InChI=1S/C8H6ClN3O2/c9-7-5-6(12(13)14)1-2-8(7)11-4-3-10/h1-2,5,11H,4H2. The van der Waals surface area contributed by atoms with Crippen LogP contribution in [0.25, 0.3) is 0 Å². The highest BCUT2D eigenvalue weighted by molar-refractivity contribution is 6.33. The quantitative estimate of drug-likeness (QED) is 0.472. The number of nitrogens with one attached hydrogen (secondary N) is 1. The van der Waals surface area contributed by atoms with Crippen molar-refractivity contribution in [3.8, 4) is 6.07 Å². The van der Waals surface area contributed by atoms with Crippen molar-refractivity contribution in [2.75, 3.05) is 11.9 Å². The Balaban J connectivity index is 2.91. The topological polar surface area (TPSA) is 79.0 Å². The zero-order valence-electron chi connectivity index (χ0n) is 7.03. The summed E-state index contributed by atoms with van der Waals surface area (Å²) in [5.41, 5.74) is 0.441. The molecule has 0 amide bonds. The zero-order valence-corrected chi connectivity index (χ0v) is 7.78. The predicted octanol–water partition coefficient (Wildman–Crippen LogP) is 2.18. The average molecular weight is 212 g/mol. The van der Waals surface area contributed by atoms with Crippen molar-refractivity contribution < 1.29 is 4.92 Å². The van der Waals surface area contributed by atoms with Crippen LogP contribution >= 0.6 is 11.6 Å². The van der Waals surface area contributed by atoms with Gasteiger partial charge in [-0.15, -0.1) is 0 Å². The van der Waals surface area contributed by atoms with Gasteiger partial charge in [0.2, 0.25) is 0 Å². The molecule has 6 heteroatoms. The Bertz CT molecular complexity index is 400. The lowest BCUT2D eigenvalue weighted by atomic mass is 10.3. The number of nitrogens with zero attached hydrogens (tertiary/aromatic N) is 2. The van der Waals surface area contributed by atoms with Gasteiger partial charge in [-0.2, -0.15) is 5.26 Å². The lowest BCUT2D eigenvalue weighted by Gasteiger charge is -2.03. The van der Waals surface area contributed by atoms with Gasteiger partial charge in [0.25, 0.3) is 5.69 Å². The second kappa shape index (κ2) is 4.44. The number of halogens is 1. The minimum Gasteiger partial charge on any atom is -0.371 e. The Labute approximate surface area is 85.1 Å². The molecular formula is C8H6ClN3O2. The summed E-state index contributed by atoms with van der Waals surface area (Å²) in [6.45, 7) is 0.109. The van der Waals surface area contributed by atoms with Crippen molar-refractivity contribution in [1.29, 1.82) is 5.26 Å². The van der Waals surface area contributed by atoms with Gasteiger partial charge in [0.15, 0.2) is 0 Å². The SMILES string of the molecule is N#CCNc1ccc([N+](=O)[O-])cc1Cl. The fraction of sp³-hybridized carbons (Fsp3) is 0.125. The normalized spacial score (nSPS) is 9.14. The van der Waals surface area contributed by atoms with Gasteiger partial charge in [0.05, 0.1) is 21.7 Å². The predicted molar refractivity (Wildman–Crippen MR) is 52.2 cm³/mol. The molecule has 0 aromatic heterocycles. The van der Waals surface area contributed by atoms with Gasteiger partial charge in [-0.25, -0.2) is 0 Å². The van der Waals surface area contributed by atoms with Crippen LogP contribution in [0.4, 0.5) is 11.4 Å². The van der Waals surface area contributed by atoms with Crippen LogP contribution in [0.5, 0.6) is 0 Å². The minimum atomic E-state index is -0.528. The largest absolute Gasteiger partial charge is 0.371 e. The Hall–Kier alpha value is -1.80. The molecule has 0 heterocycles. The molecule has 1 aromatic rings. The molecule has 0 spiro atoms. The molecule has 0 aliphatic carbocycles. The number of nitro benzene ring substituents is 1. The number of benzene rings is 1. The van der Waals surface area contributed by atoms with E-state index in [0.717, 1.165) is 0 Å². The molecule has 0 bridgehead atoms. The summed E-state index contributed by atoms with van der Waals surface area (Å²) in [6, 6.07) is 5.91. The third-order valence-corrected chi connectivity index (χ3v) is 1.83. The highest BCUT2D eigenvalue weighted by Gasteiger charge is 2.08. The van der Waals surface area contributed by atoms with E-state index in [0.29, 0.717) is 5.69 Å². The Kier molecular flexibility index (Phi) is 3.26. The monoisotopic (exact) mass is 211 g/mol. The van der Waals surface area contributed by atoms with Gasteiger partial charge in [0.1, 0.15) is 6.54 Å². The number of hydrogen-bond acceptors (Lipinski definition) is 4. The first kappa shape index (κ1) is 10.3. The molecule has 0 fully saturated rings. The highest BCUT2D eigenvalue weighted by atomic mass is 35.5. The van der Waals surface area contributed by atoms with Crippen molar-refractivity contribution in [3.05, 3.63) is 33.3 Å². The first-order valence-corrected chi connectivity index (χ1v) is 4.07. The summed E-state index contributed by atoms with van der Waals surface area (Å²) >= 11 is 5.73. The number of rotatable bonds is 3. The number of nitro groups is 1. The molecule has 1 aromatic carbocycles. The van der Waals surface area contributed by atoms with E-state index in [4.69, 9.17) is 16.9 Å². The van der Waals surface area contributed by atoms with Crippen LogP contribution in [0, 0.1) is 21.4 Å². The third-order valence-electron chi connectivity index (χ3n) is 1.52. The van der Waals surface area contributed by atoms with E-state index in [1.54, 1.807) is 0 Å². The van der Waals surface area contributed by atoms with E-state index < -0.39 is 4.92 Å². The zero-order chi connectivity index (χ0) is 10.6. The van der Waals surface area contributed by atoms with Crippen LogP contribution < -0.4 is 5.32 Å². The van der Waals surface area contributed by atoms with Crippen molar-refractivity contribution in [1.82, 2.24) is 0 Å². The molecule has 14 heavy (non-hydrogen) atoms. The van der Waals surface area contributed by atoms with Crippen LogP contribution in [-0.4, -0.2) is 11.5 Å². The van der Waals surface area contributed by atoms with Gasteiger partial charge in [0, 0.05) is 12.1 Å². The number of non-ortho nitro benzene ring substituents is 1. The van der Waals surface area contributed by atoms with E-state index in [1.165, 1.54) is 18.2 Å². The summed E-state index contributed by atoms with van der Waals surface area (Å²) in [5.74, 6) is 0. The minimum absolute atomic E-state index is 0.0718. The molecule has 0 aliphatic heterocycles. The molecule has 1 rings (SSSR count). The summed E-state index contributed by atoms with van der Waals surface area (Å²) < 4.78 is 0. The van der Waals surface area contributed by atoms with Crippen molar-refractivity contribution in [2.45, 2.75) is 0 Å². The van der Waals surface area contributed by atoms with E-state index in [-0.39, 0.29) is 17.3 Å².